The number of aliphatic carboxylic acids is 1. The molecule has 2 aromatic heterocycles. The molecule has 9 heteroatoms. The maximum atomic E-state index is 11.3. The molecule has 7 nitrogen and oxygen atoms in total. The van der Waals surface area contributed by atoms with Gasteiger partial charge in [-0.1, -0.05) is 29.3 Å². The van der Waals surface area contributed by atoms with E-state index in [9.17, 15) is 9.90 Å². The average molecular weight is 393 g/mol. The number of rotatable bonds is 3. The average Bonchev–Trinajstić information content (AvgIpc) is 3.18. The van der Waals surface area contributed by atoms with Crippen molar-refractivity contribution in [1.82, 2.24) is 15.2 Å². The first kappa shape index (κ1) is 17.1. The Labute approximate surface area is 158 Å². The highest BCUT2D eigenvalue weighted by Crippen LogP contribution is 2.37. The van der Waals surface area contributed by atoms with Crippen molar-refractivity contribution in [2.75, 3.05) is 24.6 Å². The summed E-state index contributed by atoms with van der Waals surface area (Å²) < 4.78 is 5.29. The Morgan fingerprint density at radius 2 is 2.23 bits per heavy atom. The van der Waals surface area contributed by atoms with Crippen molar-refractivity contribution in [2.24, 2.45) is 0 Å². The van der Waals surface area contributed by atoms with Gasteiger partial charge >= 0.3 is 5.97 Å². The van der Waals surface area contributed by atoms with Gasteiger partial charge in [-0.25, -0.2) is 9.78 Å². The first-order valence-electron chi connectivity index (χ1n) is 7.92. The highest BCUT2D eigenvalue weighted by molar-refractivity contribution is 6.45. The molecule has 0 bridgehead atoms. The lowest BCUT2D eigenvalue weighted by molar-refractivity contribution is -0.150. The lowest BCUT2D eigenvalue weighted by Gasteiger charge is -2.32. The fraction of sp³-hybridized carbons (Fsp3) is 0.235. The van der Waals surface area contributed by atoms with Gasteiger partial charge in [0.15, 0.2) is 6.10 Å². The number of carbonyl (C=O) groups is 1. The number of nitrogens with one attached hydrogen (secondary N) is 1. The number of nitrogens with zero attached hydrogens (tertiary/aromatic N) is 3. The van der Waals surface area contributed by atoms with E-state index >= 15 is 0 Å². The van der Waals surface area contributed by atoms with E-state index in [1.807, 2.05) is 17.0 Å². The quantitative estimate of drug-likeness (QED) is 0.710. The van der Waals surface area contributed by atoms with Gasteiger partial charge in [-0.3, -0.25) is 5.10 Å². The molecule has 0 saturated carbocycles. The third kappa shape index (κ3) is 2.98. The van der Waals surface area contributed by atoms with Gasteiger partial charge in [0.1, 0.15) is 5.82 Å². The highest BCUT2D eigenvalue weighted by atomic mass is 35.5. The van der Waals surface area contributed by atoms with Gasteiger partial charge < -0.3 is 14.7 Å². The lowest BCUT2D eigenvalue weighted by Crippen LogP contribution is -2.46. The molecular weight excluding hydrogens is 379 g/mol. The molecule has 0 amide bonds. The minimum atomic E-state index is -0.994. The first-order valence-corrected chi connectivity index (χ1v) is 8.67. The number of morpholine rings is 1. The van der Waals surface area contributed by atoms with Crippen LogP contribution in [0.5, 0.6) is 0 Å². The largest absolute Gasteiger partial charge is 0.479 e. The molecule has 3 heterocycles. The van der Waals surface area contributed by atoms with Crippen molar-refractivity contribution in [3.05, 3.63) is 40.6 Å². The van der Waals surface area contributed by atoms with Crippen LogP contribution in [0.4, 0.5) is 5.82 Å². The molecule has 2 N–H and O–H groups in total. The first-order chi connectivity index (χ1) is 12.5. The molecule has 0 radical (unpaired) electrons. The number of pyridine rings is 1. The number of carboxylic acids is 1. The second-order valence-corrected chi connectivity index (χ2v) is 6.70. The number of benzene rings is 1. The molecule has 1 aliphatic heterocycles. The van der Waals surface area contributed by atoms with Gasteiger partial charge in [0, 0.05) is 23.7 Å². The molecule has 4 rings (SSSR count). The third-order valence-corrected chi connectivity index (χ3v) is 5.13. The van der Waals surface area contributed by atoms with Crippen LogP contribution in [-0.2, 0) is 9.53 Å². The van der Waals surface area contributed by atoms with E-state index in [4.69, 9.17) is 27.9 Å². The van der Waals surface area contributed by atoms with Crippen molar-refractivity contribution in [1.29, 1.82) is 0 Å². The van der Waals surface area contributed by atoms with Gasteiger partial charge in [0.05, 0.1) is 34.9 Å². The van der Waals surface area contributed by atoms with Crippen molar-refractivity contribution in [3.63, 3.8) is 0 Å². The maximum absolute atomic E-state index is 11.3. The number of H-pyrrole nitrogens is 1. The van der Waals surface area contributed by atoms with E-state index in [2.05, 4.69) is 15.2 Å². The number of ether oxygens (including phenoxy) is 1. The molecule has 3 aromatic rings. The summed E-state index contributed by atoms with van der Waals surface area (Å²) >= 11 is 12.6. The molecule has 1 fully saturated rings. The van der Waals surface area contributed by atoms with Crippen LogP contribution in [0, 0.1) is 0 Å². The summed E-state index contributed by atoms with van der Waals surface area (Å²) in [6.45, 7) is 1.04. The van der Waals surface area contributed by atoms with Crippen molar-refractivity contribution < 1.29 is 14.6 Å². The standard InChI is InChI=1S/C17H14Cl2N4O3/c18-12-2-1-10-11(9-6-20-21-7-9)5-14(22-16(10)15(12)19)23-3-4-26-13(8-23)17(24)25/h1-2,5-7,13H,3-4,8H2,(H,20,21)(H,24,25)/t13-/m0/s1. The topological polar surface area (TPSA) is 91.3 Å². The number of hydrogen-bond donors (Lipinski definition) is 2. The Hall–Kier alpha value is -2.35. The van der Waals surface area contributed by atoms with Gasteiger partial charge in [0.2, 0.25) is 0 Å². The van der Waals surface area contributed by atoms with Crippen LogP contribution >= 0.6 is 23.2 Å². The Morgan fingerprint density at radius 3 is 2.96 bits per heavy atom. The van der Waals surface area contributed by atoms with E-state index in [0.717, 1.165) is 16.5 Å². The molecular formula is C17H14Cl2N4O3. The smallest absolute Gasteiger partial charge is 0.334 e. The summed E-state index contributed by atoms with van der Waals surface area (Å²) in [6, 6.07) is 5.50. The zero-order valence-electron chi connectivity index (χ0n) is 13.4. The zero-order valence-corrected chi connectivity index (χ0v) is 15.0. The summed E-state index contributed by atoms with van der Waals surface area (Å²) in [7, 11) is 0. The van der Waals surface area contributed by atoms with Crippen LogP contribution < -0.4 is 4.90 Å². The van der Waals surface area contributed by atoms with Gasteiger partial charge in [0.25, 0.3) is 0 Å². The molecule has 134 valence electrons. The van der Waals surface area contributed by atoms with Crippen LogP contribution in [0.1, 0.15) is 0 Å². The van der Waals surface area contributed by atoms with E-state index in [-0.39, 0.29) is 6.54 Å². The Bertz CT molecular complexity index is 978. The summed E-state index contributed by atoms with van der Waals surface area (Å²) in [6.07, 6.45) is 2.59. The zero-order chi connectivity index (χ0) is 18.3. The maximum Gasteiger partial charge on any atom is 0.334 e. The molecule has 1 atom stereocenters. The molecule has 1 saturated heterocycles. The molecule has 0 aliphatic carbocycles. The highest BCUT2D eigenvalue weighted by Gasteiger charge is 2.28. The predicted molar refractivity (Wildman–Crippen MR) is 98.9 cm³/mol. The second kappa shape index (κ2) is 6.75. The summed E-state index contributed by atoms with van der Waals surface area (Å²) in [4.78, 5) is 17.8. The van der Waals surface area contributed by atoms with E-state index in [0.29, 0.717) is 34.5 Å². The predicted octanol–water partition coefficient (Wildman–Crippen LogP) is 3.22. The van der Waals surface area contributed by atoms with Crippen LogP contribution in [0.3, 0.4) is 0 Å². The Kier molecular flexibility index (Phi) is 4.44. The molecule has 0 spiro atoms. The Balaban J connectivity index is 1.88. The fourth-order valence-electron chi connectivity index (χ4n) is 3.03. The number of hydrogen-bond acceptors (Lipinski definition) is 5. The van der Waals surface area contributed by atoms with Gasteiger partial charge in [-0.15, -0.1) is 0 Å². The molecule has 1 aromatic carbocycles. The van der Waals surface area contributed by atoms with Gasteiger partial charge in [-0.2, -0.15) is 5.10 Å². The van der Waals surface area contributed by atoms with Crippen LogP contribution in [0.15, 0.2) is 30.6 Å². The molecule has 1 aliphatic rings. The van der Waals surface area contributed by atoms with E-state index < -0.39 is 12.1 Å². The SMILES string of the molecule is O=C(O)[C@@H]1CN(c2cc(-c3cn[nH]c3)c3ccc(Cl)c(Cl)c3n2)CCO1. The number of fused-ring (bicyclic) bond motifs is 1. The minimum absolute atomic E-state index is 0.205. The number of carboxylic acid groups (broad SMARTS) is 1. The van der Waals surface area contributed by atoms with Crippen LogP contribution in [-0.4, -0.2) is 52.1 Å². The summed E-state index contributed by atoms with van der Waals surface area (Å²) in [5, 5.41) is 17.7. The number of aromatic amines is 1. The lowest BCUT2D eigenvalue weighted by atomic mass is 10.0. The third-order valence-electron chi connectivity index (χ3n) is 4.33. The van der Waals surface area contributed by atoms with Crippen molar-refractivity contribution in [2.45, 2.75) is 6.10 Å². The molecule has 0 unspecified atom stereocenters. The van der Waals surface area contributed by atoms with E-state index in [1.54, 1.807) is 18.5 Å². The van der Waals surface area contributed by atoms with Gasteiger partial charge in [-0.05, 0) is 17.7 Å². The number of aromatic nitrogens is 3. The second-order valence-electron chi connectivity index (χ2n) is 5.92. The normalized spacial score (nSPS) is 17.6. The van der Waals surface area contributed by atoms with Crippen LogP contribution in [0.2, 0.25) is 10.0 Å². The summed E-state index contributed by atoms with van der Waals surface area (Å²) in [5.41, 5.74) is 2.32. The van der Waals surface area contributed by atoms with E-state index in [1.165, 1.54) is 0 Å². The monoisotopic (exact) mass is 392 g/mol. The molecule has 26 heavy (non-hydrogen) atoms. The Morgan fingerprint density at radius 1 is 1.38 bits per heavy atom. The minimum Gasteiger partial charge on any atom is -0.479 e. The summed E-state index contributed by atoms with van der Waals surface area (Å²) in [5.74, 6) is -0.376. The fourth-order valence-corrected chi connectivity index (χ4v) is 3.39. The number of halogens is 2. The van der Waals surface area contributed by atoms with Crippen molar-refractivity contribution >= 4 is 45.9 Å². The number of anilines is 1. The van der Waals surface area contributed by atoms with Crippen molar-refractivity contribution in [3.8, 4) is 11.1 Å². The van der Waals surface area contributed by atoms with Crippen LogP contribution in [0.25, 0.3) is 22.0 Å².